The summed E-state index contributed by atoms with van der Waals surface area (Å²) in [6.07, 6.45) is 0.269. The van der Waals surface area contributed by atoms with E-state index >= 15 is 0 Å². The molecule has 1 aliphatic rings. The topological polar surface area (TPSA) is 99.1 Å². The number of aliphatic hydroxyl groups excluding tert-OH is 1. The van der Waals surface area contributed by atoms with Gasteiger partial charge >= 0.3 is 12.1 Å². The highest BCUT2D eigenvalue weighted by atomic mass is 16.5. The minimum atomic E-state index is -0.868. The fourth-order valence-corrected chi connectivity index (χ4v) is 2.29. The van der Waals surface area contributed by atoms with Gasteiger partial charge in [0.25, 0.3) is 0 Å². The lowest BCUT2D eigenvalue weighted by Gasteiger charge is -2.36. The minimum Gasteiger partial charge on any atom is -0.481 e. The molecular formula is C11H20N2O5. The van der Waals surface area contributed by atoms with Crippen LogP contribution in [0, 0.1) is 5.92 Å². The number of nitrogens with zero attached hydrogens (tertiary/aromatic N) is 1. The highest BCUT2D eigenvalue weighted by Crippen LogP contribution is 2.20. The van der Waals surface area contributed by atoms with Gasteiger partial charge in [0.15, 0.2) is 0 Å². The maximum Gasteiger partial charge on any atom is 0.409 e. The zero-order valence-corrected chi connectivity index (χ0v) is 10.5. The normalized spacial score (nSPS) is 23.8. The van der Waals surface area contributed by atoms with Gasteiger partial charge in [-0.25, -0.2) is 4.79 Å². The van der Waals surface area contributed by atoms with Crippen molar-refractivity contribution in [2.24, 2.45) is 5.92 Å². The van der Waals surface area contributed by atoms with Crippen molar-refractivity contribution in [3.63, 3.8) is 0 Å². The van der Waals surface area contributed by atoms with Crippen LogP contribution in [-0.2, 0) is 9.53 Å². The monoisotopic (exact) mass is 260 g/mol. The maximum absolute atomic E-state index is 11.5. The van der Waals surface area contributed by atoms with E-state index in [9.17, 15) is 9.59 Å². The lowest BCUT2D eigenvalue weighted by molar-refractivity contribution is -0.138. The first kappa shape index (κ1) is 14.7. The van der Waals surface area contributed by atoms with E-state index in [2.05, 4.69) is 10.1 Å². The van der Waals surface area contributed by atoms with E-state index in [1.165, 1.54) is 12.0 Å². The van der Waals surface area contributed by atoms with Crippen LogP contribution in [0.4, 0.5) is 4.79 Å². The fourth-order valence-electron chi connectivity index (χ4n) is 2.29. The first-order valence-electron chi connectivity index (χ1n) is 5.95. The third-order valence-electron chi connectivity index (χ3n) is 2.98. The van der Waals surface area contributed by atoms with Crippen LogP contribution in [0.5, 0.6) is 0 Å². The molecule has 7 nitrogen and oxygen atoms in total. The molecule has 0 radical (unpaired) electrons. The van der Waals surface area contributed by atoms with Gasteiger partial charge in [0, 0.05) is 32.1 Å². The lowest BCUT2D eigenvalue weighted by atomic mass is 9.91. The second kappa shape index (κ2) is 7.17. The molecule has 0 aromatic heterocycles. The lowest BCUT2D eigenvalue weighted by Crippen LogP contribution is -2.52. The van der Waals surface area contributed by atoms with Gasteiger partial charge in [0.2, 0.25) is 0 Å². The Kier molecular flexibility index (Phi) is 5.87. The molecule has 2 unspecified atom stereocenters. The number of carbonyl (C=O) groups is 2. The van der Waals surface area contributed by atoms with E-state index in [0.717, 1.165) is 0 Å². The van der Waals surface area contributed by atoms with Gasteiger partial charge in [-0.15, -0.1) is 0 Å². The first-order valence-corrected chi connectivity index (χ1v) is 5.95. The molecule has 0 bridgehead atoms. The van der Waals surface area contributed by atoms with Gasteiger partial charge in [-0.3, -0.25) is 4.79 Å². The Morgan fingerprint density at radius 1 is 1.44 bits per heavy atom. The maximum atomic E-state index is 11.5. The number of ether oxygens (including phenoxy) is 1. The Morgan fingerprint density at radius 3 is 2.72 bits per heavy atom. The zero-order chi connectivity index (χ0) is 13.5. The Hall–Kier alpha value is -1.34. The van der Waals surface area contributed by atoms with Crippen LogP contribution < -0.4 is 5.32 Å². The van der Waals surface area contributed by atoms with Crippen molar-refractivity contribution in [1.82, 2.24) is 10.2 Å². The van der Waals surface area contributed by atoms with E-state index < -0.39 is 12.1 Å². The predicted molar refractivity (Wildman–Crippen MR) is 63.2 cm³/mol. The van der Waals surface area contributed by atoms with Crippen LogP contribution in [0.15, 0.2) is 0 Å². The van der Waals surface area contributed by atoms with E-state index in [1.54, 1.807) is 0 Å². The van der Waals surface area contributed by atoms with E-state index in [0.29, 0.717) is 26.1 Å². The largest absolute Gasteiger partial charge is 0.481 e. The Labute approximate surface area is 106 Å². The Bertz CT molecular complexity index is 297. The Balaban J connectivity index is 2.59. The summed E-state index contributed by atoms with van der Waals surface area (Å²) < 4.78 is 4.66. The summed E-state index contributed by atoms with van der Waals surface area (Å²) in [5.41, 5.74) is 0. The molecule has 2 atom stereocenters. The van der Waals surface area contributed by atoms with Gasteiger partial charge in [-0.2, -0.15) is 0 Å². The molecule has 3 N–H and O–H groups in total. The quantitative estimate of drug-likeness (QED) is 0.616. The third-order valence-corrected chi connectivity index (χ3v) is 2.98. The van der Waals surface area contributed by atoms with Crippen LogP contribution in [-0.4, -0.2) is 66.6 Å². The number of likely N-dealkylation sites (tertiary alicyclic amines) is 1. The highest BCUT2D eigenvalue weighted by Gasteiger charge is 2.31. The van der Waals surface area contributed by atoms with Crippen molar-refractivity contribution in [2.45, 2.75) is 18.9 Å². The Morgan fingerprint density at radius 2 is 2.17 bits per heavy atom. The van der Waals surface area contributed by atoms with E-state index in [1.807, 2.05) is 0 Å². The molecule has 0 aliphatic carbocycles. The summed E-state index contributed by atoms with van der Waals surface area (Å²) >= 11 is 0. The number of nitrogens with one attached hydrogen (secondary N) is 1. The molecule has 1 aliphatic heterocycles. The number of carbonyl (C=O) groups excluding carboxylic acids is 1. The third kappa shape index (κ3) is 4.50. The average Bonchev–Trinajstić information content (AvgIpc) is 2.34. The predicted octanol–water partition coefficient (Wildman–Crippen LogP) is -0.500. The molecule has 1 amide bonds. The molecule has 1 fully saturated rings. The standard InChI is InChI=1S/C11H20N2O5/c1-18-11(17)13-6-8(5-10(15)16)4-9(7-13)12-2-3-14/h8-9,12,14H,2-7H2,1H3,(H,15,16). The zero-order valence-electron chi connectivity index (χ0n) is 10.5. The number of aliphatic carboxylic acids is 1. The molecule has 1 heterocycles. The fraction of sp³-hybridized carbons (Fsp3) is 0.818. The molecule has 7 heteroatoms. The van der Waals surface area contributed by atoms with E-state index in [4.69, 9.17) is 10.2 Å². The summed E-state index contributed by atoms with van der Waals surface area (Å²) in [6, 6.07) is -0.00523. The molecule has 0 aromatic rings. The second-order valence-electron chi connectivity index (χ2n) is 4.45. The molecular weight excluding hydrogens is 240 g/mol. The first-order chi connectivity index (χ1) is 8.56. The molecule has 0 spiro atoms. The average molecular weight is 260 g/mol. The summed E-state index contributed by atoms with van der Waals surface area (Å²) in [4.78, 5) is 23.7. The molecule has 1 saturated heterocycles. The van der Waals surface area contributed by atoms with Crippen molar-refractivity contribution in [2.75, 3.05) is 33.4 Å². The molecule has 104 valence electrons. The van der Waals surface area contributed by atoms with Gasteiger partial charge in [0.1, 0.15) is 0 Å². The van der Waals surface area contributed by atoms with Crippen molar-refractivity contribution in [3.05, 3.63) is 0 Å². The van der Waals surface area contributed by atoms with Crippen LogP contribution in [0.1, 0.15) is 12.8 Å². The van der Waals surface area contributed by atoms with Gasteiger partial charge < -0.3 is 25.2 Å². The number of methoxy groups -OCH3 is 1. The van der Waals surface area contributed by atoms with Crippen LogP contribution in [0.25, 0.3) is 0 Å². The molecule has 0 saturated carbocycles. The SMILES string of the molecule is COC(=O)N1CC(CC(=O)O)CC(NCCO)C1. The van der Waals surface area contributed by atoms with Crippen molar-refractivity contribution >= 4 is 12.1 Å². The molecule has 0 aromatic carbocycles. The highest BCUT2D eigenvalue weighted by molar-refractivity contribution is 5.69. The van der Waals surface area contributed by atoms with Crippen LogP contribution in [0.2, 0.25) is 0 Å². The number of rotatable bonds is 5. The number of amides is 1. The van der Waals surface area contributed by atoms with Gasteiger partial charge in [-0.05, 0) is 12.3 Å². The summed E-state index contributed by atoms with van der Waals surface area (Å²) in [5.74, 6) is -0.959. The van der Waals surface area contributed by atoms with Crippen LogP contribution in [0.3, 0.4) is 0 Å². The number of hydrogen-bond donors (Lipinski definition) is 3. The molecule has 1 rings (SSSR count). The summed E-state index contributed by atoms with van der Waals surface area (Å²) in [6.45, 7) is 1.32. The number of piperidine rings is 1. The molecule has 18 heavy (non-hydrogen) atoms. The van der Waals surface area contributed by atoms with Crippen molar-refractivity contribution in [3.8, 4) is 0 Å². The van der Waals surface area contributed by atoms with Crippen LogP contribution >= 0.6 is 0 Å². The van der Waals surface area contributed by atoms with Crippen molar-refractivity contribution < 1.29 is 24.5 Å². The van der Waals surface area contributed by atoms with Gasteiger partial charge in [-0.1, -0.05) is 0 Å². The number of carboxylic acids is 1. The number of carboxylic acid groups (broad SMARTS) is 1. The summed E-state index contributed by atoms with van der Waals surface area (Å²) in [7, 11) is 1.30. The number of hydrogen-bond acceptors (Lipinski definition) is 5. The summed E-state index contributed by atoms with van der Waals surface area (Å²) in [5, 5.41) is 20.7. The van der Waals surface area contributed by atoms with E-state index in [-0.39, 0.29) is 25.0 Å². The van der Waals surface area contributed by atoms with Gasteiger partial charge in [0.05, 0.1) is 13.7 Å². The minimum absolute atomic E-state index is 0.00523. The number of aliphatic hydroxyl groups is 1. The smallest absolute Gasteiger partial charge is 0.409 e. The van der Waals surface area contributed by atoms with Crippen molar-refractivity contribution in [1.29, 1.82) is 0 Å². The second-order valence-corrected chi connectivity index (χ2v) is 4.45.